The van der Waals surface area contributed by atoms with Gasteiger partial charge in [0.25, 0.3) is 16.8 Å². The highest BCUT2D eigenvalue weighted by molar-refractivity contribution is 8.18. The summed E-state index contributed by atoms with van der Waals surface area (Å²) in [4.78, 5) is 49.1. The third-order valence-electron chi connectivity index (χ3n) is 4.47. The van der Waals surface area contributed by atoms with Crippen LogP contribution in [0.3, 0.4) is 0 Å². The predicted molar refractivity (Wildman–Crippen MR) is 117 cm³/mol. The smallest absolute Gasteiger partial charge is 0.293 e. The first-order valence-electron chi connectivity index (χ1n) is 8.64. The molecule has 31 heavy (non-hydrogen) atoms. The molecule has 0 spiro atoms. The second-order valence-electron chi connectivity index (χ2n) is 6.48. The summed E-state index contributed by atoms with van der Waals surface area (Å²) in [7, 11) is 0. The van der Waals surface area contributed by atoms with E-state index in [0.717, 1.165) is 11.2 Å². The molecule has 8 nitrogen and oxygen atoms in total. The van der Waals surface area contributed by atoms with Crippen LogP contribution in [0.2, 0.25) is 10.0 Å². The summed E-state index contributed by atoms with van der Waals surface area (Å²) in [5, 5.41) is 10.8. The number of rotatable bonds is 4. The van der Waals surface area contributed by atoms with Gasteiger partial charge in [0.1, 0.15) is 6.26 Å². The average molecular weight is 477 g/mol. The Labute approximate surface area is 188 Å². The highest BCUT2D eigenvalue weighted by atomic mass is 35.5. The van der Waals surface area contributed by atoms with Crippen LogP contribution in [0.4, 0.5) is 10.5 Å². The van der Waals surface area contributed by atoms with Gasteiger partial charge in [0, 0.05) is 17.2 Å². The molecule has 0 saturated carbocycles. The van der Waals surface area contributed by atoms with Crippen molar-refractivity contribution in [2.45, 2.75) is 6.54 Å². The summed E-state index contributed by atoms with van der Waals surface area (Å²) >= 11 is 12.7. The van der Waals surface area contributed by atoms with Crippen LogP contribution < -0.4 is 5.43 Å². The van der Waals surface area contributed by atoms with Crippen molar-refractivity contribution >= 4 is 68.8 Å². The van der Waals surface area contributed by atoms with E-state index in [-0.39, 0.29) is 43.7 Å². The van der Waals surface area contributed by atoms with Crippen molar-refractivity contribution in [3.05, 3.63) is 89.1 Å². The zero-order valence-electron chi connectivity index (χ0n) is 15.3. The fourth-order valence-corrected chi connectivity index (χ4v) is 4.33. The Hall–Kier alpha value is -3.14. The molecule has 3 aromatic rings. The van der Waals surface area contributed by atoms with Crippen molar-refractivity contribution in [3.8, 4) is 0 Å². The van der Waals surface area contributed by atoms with Crippen molar-refractivity contribution in [1.82, 2.24) is 4.90 Å². The number of benzene rings is 2. The minimum absolute atomic E-state index is 0.0479. The molecular weight excluding hydrogens is 467 g/mol. The van der Waals surface area contributed by atoms with Crippen LogP contribution in [0.15, 0.2) is 56.8 Å². The summed E-state index contributed by atoms with van der Waals surface area (Å²) in [6, 6.07) is 8.37. The van der Waals surface area contributed by atoms with E-state index in [9.17, 15) is 24.5 Å². The first-order valence-corrected chi connectivity index (χ1v) is 10.2. The predicted octanol–water partition coefficient (Wildman–Crippen LogP) is 5.24. The van der Waals surface area contributed by atoms with Crippen LogP contribution in [-0.4, -0.2) is 21.0 Å². The van der Waals surface area contributed by atoms with Gasteiger partial charge in [-0.25, -0.2) is 0 Å². The molecule has 0 radical (unpaired) electrons. The van der Waals surface area contributed by atoms with E-state index in [0.29, 0.717) is 17.3 Å². The van der Waals surface area contributed by atoms with Crippen LogP contribution in [0.5, 0.6) is 0 Å². The van der Waals surface area contributed by atoms with Gasteiger partial charge in [0.2, 0.25) is 0 Å². The standard InChI is InChI=1S/C20H10Cl2N2O6S/c21-12-6-14-17(25)11(9-30-18(14)15(22)7-12)5-16-19(26)23(20(27)31-16)8-10-1-3-13(4-2-10)24(28)29/h1-7,9H,8H2/b16-5-. The second kappa shape index (κ2) is 8.18. The Morgan fingerprint density at radius 2 is 1.84 bits per heavy atom. The highest BCUT2D eigenvalue weighted by Gasteiger charge is 2.35. The zero-order chi connectivity index (χ0) is 22.3. The van der Waals surface area contributed by atoms with Gasteiger partial charge < -0.3 is 4.42 Å². The maximum Gasteiger partial charge on any atom is 0.293 e. The number of halogens is 2. The molecule has 156 valence electrons. The number of imide groups is 1. The minimum Gasteiger partial charge on any atom is -0.462 e. The van der Waals surface area contributed by atoms with Crippen LogP contribution in [0, 0.1) is 10.1 Å². The SMILES string of the molecule is O=C1S/C(=C\c2coc3c(Cl)cc(Cl)cc3c2=O)C(=O)N1Cc1ccc([N+](=O)[O-])cc1. The van der Waals surface area contributed by atoms with Gasteiger partial charge in [0.15, 0.2) is 11.0 Å². The summed E-state index contributed by atoms with van der Waals surface area (Å²) in [5.41, 5.74) is 0.226. The highest BCUT2D eigenvalue weighted by Crippen LogP contribution is 2.34. The molecule has 4 rings (SSSR count). The summed E-state index contributed by atoms with van der Waals surface area (Å²) in [5.74, 6) is -0.586. The molecule has 1 fully saturated rings. The Morgan fingerprint density at radius 3 is 2.52 bits per heavy atom. The van der Waals surface area contributed by atoms with Crippen molar-refractivity contribution < 1.29 is 18.9 Å². The Kier molecular flexibility index (Phi) is 5.57. The Morgan fingerprint density at radius 1 is 1.13 bits per heavy atom. The number of carbonyl (C=O) groups is 2. The maximum absolute atomic E-state index is 12.8. The first kappa shape index (κ1) is 21.1. The number of nitrogens with zero attached hydrogens (tertiary/aromatic N) is 2. The van der Waals surface area contributed by atoms with Crippen LogP contribution in [0.1, 0.15) is 11.1 Å². The molecule has 2 aromatic carbocycles. The molecule has 0 N–H and O–H groups in total. The molecule has 0 aliphatic carbocycles. The van der Waals surface area contributed by atoms with Crippen LogP contribution in [0.25, 0.3) is 17.0 Å². The molecule has 1 aliphatic heterocycles. The van der Waals surface area contributed by atoms with Crippen molar-refractivity contribution in [2.24, 2.45) is 0 Å². The van der Waals surface area contributed by atoms with E-state index in [1.165, 1.54) is 42.5 Å². The maximum atomic E-state index is 12.8. The largest absolute Gasteiger partial charge is 0.462 e. The van der Waals surface area contributed by atoms with Gasteiger partial charge >= 0.3 is 0 Å². The van der Waals surface area contributed by atoms with E-state index in [4.69, 9.17) is 27.6 Å². The second-order valence-corrected chi connectivity index (χ2v) is 8.31. The molecule has 2 amide bonds. The lowest BCUT2D eigenvalue weighted by molar-refractivity contribution is -0.384. The fourth-order valence-electron chi connectivity index (χ4n) is 2.96. The molecular formula is C20H10Cl2N2O6S. The lowest BCUT2D eigenvalue weighted by Crippen LogP contribution is -2.27. The average Bonchev–Trinajstić information content (AvgIpc) is 2.98. The van der Waals surface area contributed by atoms with Crippen LogP contribution >= 0.6 is 35.0 Å². The molecule has 1 saturated heterocycles. The number of nitro groups is 1. The number of nitro benzene ring substituents is 1. The van der Waals surface area contributed by atoms with Gasteiger partial charge in [0.05, 0.1) is 32.3 Å². The molecule has 1 aromatic heterocycles. The summed E-state index contributed by atoms with van der Waals surface area (Å²) < 4.78 is 5.43. The topological polar surface area (TPSA) is 111 Å². The normalized spacial score (nSPS) is 15.3. The molecule has 0 atom stereocenters. The van der Waals surface area contributed by atoms with Gasteiger partial charge in [-0.15, -0.1) is 0 Å². The van der Waals surface area contributed by atoms with Crippen LogP contribution in [-0.2, 0) is 11.3 Å². The monoisotopic (exact) mass is 476 g/mol. The van der Waals surface area contributed by atoms with E-state index < -0.39 is 21.5 Å². The molecule has 1 aliphatic rings. The van der Waals surface area contributed by atoms with E-state index in [2.05, 4.69) is 0 Å². The van der Waals surface area contributed by atoms with Gasteiger partial charge in [-0.3, -0.25) is 29.4 Å². The first-order chi connectivity index (χ1) is 14.7. The van der Waals surface area contributed by atoms with Crippen molar-refractivity contribution in [2.75, 3.05) is 0 Å². The van der Waals surface area contributed by atoms with E-state index >= 15 is 0 Å². The van der Waals surface area contributed by atoms with Gasteiger partial charge in [-0.2, -0.15) is 0 Å². The molecule has 2 heterocycles. The molecule has 0 bridgehead atoms. The number of hydrogen-bond donors (Lipinski definition) is 0. The molecule has 11 heteroatoms. The van der Waals surface area contributed by atoms with Gasteiger partial charge in [-0.1, -0.05) is 35.3 Å². The number of amides is 2. The van der Waals surface area contributed by atoms with E-state index in [1.807, 2.05) is 0 Å². The number of hydrogen-bond acceptors (Lipinski definition) is 7. The lowest BCUT2D eigenvalue weighted by Gasteiger charge is -2.12. The number of non-ortho nitro benzene ring substituents is 1. The third kappa shape index (κ3) is 4.07. The third-order valence-corrected chi connectivity index (χ3v) is 5.87. The summed E-state index contributed by atoms with van der Waals surface area (Å²) in [6.45, 7) is -0.0580. The van der Waals surface area contributed by atoms with Crippen molar-refractivity contribution in [3.63, 3.8) is 0 Å². The quantitative estimate of drug-likeness (QED) is 0.287. The Balaban J connectivity index is 1.63. The number of fused-ring (bicyclic) bond motifs is 1. The Bertz CT molecular complexity index is 1350. The number of thioether (sulfide) groups is 1. The zero-order valence-corrected chi connectivity index (χ0v) is 17.7. The number of carbonyl (C=O) groups excluding carboxylic acids is 2. The minimum atomic E-state index is -0.586. The molecule has 0 unspecified atom stereocenters. The summed E-state index contributed by atoms with van der Waals surface area (Å²) in [6.07, 6.45) is 2.44. The van der Waals surface area contributed by atoms with E-state index in [1.54, 1.807) is 0 Å². The van der Waals surface area contributed by atoms with Crippen molar-refractivity contribution in [1.29, 1.82) is 0 Å². The fraction of sp³-hybridized carbons (Fsp3) is 0.0500. The lowest BCUT2D eigenvalue weighted by atomic mass is 10.1. The van der Waals surface area contributed by atoms with Gasteiger partial charge in [-0.05, 0) is 35.5 Å².